The first kappa shape index (κ1) is 6.41. The molecule has 0 heteroatoms. The van der Waals surface area contributed by atoms with Crippen LogP contribution in [0.25, 0.3) is 5.57 Å². The minimum atomic E-state index is 1.04. The topological polar surface area (TPSA) is 0 Å². The lowest BCUT2D eigenvalue weighted by Crippen LogP contribution is -1.80. The molecule has 0 N–H and O–H groups in total. The van der Waals surface area contributed by atoms with Crippen LogP contribution in [-0.4, -0.2) is 0 Å². The van der Waals surface area contributed by atoms with Crippen molar-refractivity contribution in [3.63, 3.8) is 0 Å². The van der Waals surface area contributed by atoms with Crippen molar-refractivity contribution in [1.82, 2.24) is 0 Å². The van der Waals surface area contributed by atoms with E-state index < -0.39 is 0 Å². The third-order valence-corrected chi connectivity index (χ3v) is 2.02. The van der Waals surface area contributed by atoms with E-state index in [-0.39, 0.29) is 0 Å². The van der Waals surface area contributed by atoms with Crippen molar-refractivity contribution in [2.45, 2.75) is 6.42 Å². The summed E-state index contributed by atoms with van der Waals surface area (Å²) < 4.78 is 0. The average Bonchev–Trinajstić information content (AvgIpc) is 2.47. The molecular weight excluding hydrogens is 132 g/mol. The summed E-state index contributed by atoms with van der Waals surface area (Å²) in [5.74, 6) is 0. The highest BCUT2D eigenvalue weighted by atomic mass is 14.1. The van der Waals surface area contributed by atoms with Gasteiger partial charge in [0.2, 0.25) is 0 Å². The van der Waals surface area contributed by atoms with Gasteiger partial charge in [-0.15, -0.1) is 0 Å². The minimum absolute atomic E-state index is 1.04. The van der Waals surface area contributed by atoms with E-state index >= 15 is 0 Å². The van der Waals surface area contributed by atoms with Crippen LogP contribution < -0.4 is 0 Å². The van der Waals surface area contributed by atoms with Crippen molar-refractivity contribution in [3.8, 4) is 0 Å². The van der Waals surface area contributed by atoms with Crippen LogP contribution >= 0.6 is 0 Å². The van der Waals surface area contributed by atoms with E-state index in [2.05, 4.69) is 24.8 Å². The summed E-state index contributed by atoms with van der Waals surface area (Å²) in [7, 11) is 0. The van der Waals surface area contributed by atoms with Crippen LogP contribution in [0.1, 0.15) is 11.1 Å². The minimum Gasteiger partial charge on any atom is -0.0985 e. The first-order valence-electron chi connectivity index (χ1n) is 3.74. The third-order valence-electron chi connectivity index (χ3n) is 2.02. The maximum Gasteiger partial charge on any atom is -0.00819 e. The van der Waals surface area contributed by atoms with Gasteiger partial charge in [0.25, 0.3) is 0 Å². The Kier molecular flexibility index (Phi) is 1.39. The molecule has 11 heavy (non-hydrogen) atoms. The van der Waals surface area contributed by atoms with E-state index in [9.17, 15) is 0 Å². The highest BCUT2D eigenvalue weighted by molar-refractivity contribution is 5.79. The molecule has 0 fully saturated rings. The molecule has 0 saturated heterocycles. The summed E-state index contributed by atoms with van der Waals surface area (Å²) >= 11 is 0. The van der Waals surface area contributed by atoms with Crippen LogP contribution in [0.4, 0.5) is 0 Å². The molecule has 1 aromatic rings. The Morgan fingerprint density at radius 3 is 3.27 bits per heavy atom. The summed E-state index contributed by atoms with van der Waals surface area (Å²) in [5.41, 5.74) is 3.94. The smallest absolute Gasteiger partial charge is 0.00819 e. The lowest BCUT2D eigenvalue weighted by molar-refractivity contribution is 1.31. The van der Waals surface area contributed by atoms with Crippen molar-refractivity contribution in [2.24, 2.45) is 0 Å². The van der Waals surface area contributed by atoms with Crippen LogP contribution in [-0.2, 0) is 6.42 Å². The molecule has 0 spiro atoms. The Morgan fingerprint density at radius 1 is 1.55 bits per heavy atom. The molecule has 0 amide bonds. The SMILES string of the molecule is C=CC1=CCc2c[c]ccc21. The van der Waals surface area contributed by atoms with Crippen LogP contribution in [0, 0.1) is 6.07 Å². The van der Waals surface area contributed by atoms with Crippen LogP contribution in [0.2, 0.25) is 0 Å². The molecule has 0 nitrogen and oxygen atoms in total. The molecule has 0 aliphatic heterocycles. The Labute approximate surface area is 66.9 Å². The second-order valence-electron chi connectivity index (χ2n) is 2.65. The molecule has 1 aliphatic rings. The number of allylic oxidation sites excluding steroid dienone is 3. The van der Waals surface area contributed by atoms with Crippen LogP contribution in [0.3, 0.4) is 0 Å². The van der Waals surface area contributed by atoms with Gasteiger partial charge in [-0.1, -0.05) is 36.9 Å². The predicted octanol–water partition coefficient (Wildman–Crippen LogP) is 2.61. The Balaban J connectivity index is 2.56. The molecule has 0 saturated carbocycles. The van der Waals surface area contributed by atoms with Crippen molar-refractivity contribution in [3.05, 3.63) is 54.1 Å². The lowest BCUT2D eigenvalue weighted by Gasteiger charge is -1.98. The zero-order chi connectivity index (χ0) is 7.68. The van der Waals surface area contributed by atoms with Gasteiger partial charge in [-0.3, -0.25) is 0 Å². The monoisotopic (exact) mass is 141 g/mol. The second kappa shape index (κ2) is 2.39. The van der Waals surface area contributed by atoms with Crippen molar-refractivity contribution in [2.75, 3.05) is 0 Å². The second-order valence-corrected chi connectivity index (χ2v) is 2.65. The average molecular weight is 141 g/mol. The Morgan fingerprint density at radius 2 is 2.45 bits per heavy atom. The first-order chi connectivity index (χ1) is 5.42. The van der Waals surface area contributed by atoms with Gasteiger partial charge in [0, 0.05) is 0 Å². The fourth-order valence-electron chi connectivity index (χ4n) is 1.44. The molecule has 1 radical (unpaired) electrons. The summed E-state index contributed by atoms with van der Waals surface area (Å²) in [4.78, 5) is 0. The van der Waals surface area contributed by atoms with Gasteiger partial charge < -0.3 is 0 Å². The van der Waals surface area contributed by atoms with Gasteiger partial charge in [0.15, 0.2) is 0 Å². The molecule has 1 aliphatic carbocycles. The Hall–Kier alpha value is -1.30. The van der Waals surface area contributed by atoms with Gasteiger partial charge in [-0.2, -0.15) is 0 Å². The molecular formula is C11H9. The van der Waals surface area contributed by atoms with E-state index in [0.717, 1.165) is 6.42 Å². The van der Waals surface area contributed by atoms with Crippen molar-refractivity contribution >= 4 is 5.57 Å². The zero-order valence-electron chi connectivity index (χ0n) is 6.30. The zero-order valence-corrected chi connectivity index (χ0v) is 6.30. The molecule has 53 valence electrons. The number of rotatable bonds is 1. The van der Waals surface area contributed by atoms with E-state index in [1.165, 1.54) is 16.7 Å². The highest BCUT2D eigenvalue weighted by Crippen LogP contribution is 2.26. The molecule has 0 atom stereocenters. The van der Waals surface area contributed by atoms with Crippen LogP contribution in [0.15, 0.2) is 36.9 Å². The molecule has 0 unspecified atom stereocenters. The Bertz CT molecular complexity index is 319. The molecule has 0 aromatic heterocycles. The van der Waals surface area contributed by atoms with Gasteiger partial charge >= 0.3 is 0 Å². The predicted molar refractivity (Wildman–Crippen MR) is 47.2 cm³/mol. The highest BCUT2D eigenvalue weighted by Gasteiger charge is 2.08. The van der Waals surface area contributed by atoms with Gasteiger partial charge in [-0.25, -0.2) is 0 Å². The largest absolute Gasteiger partial charge is 0.0985 e. The van der Waals surface area contributed by atoms with E-state index in [1.54, 1.807) is 0 Å². The summed E-state index contributed by atoms with van der Waals surface area (Å²) in [6.45, 7) is 3.76. The van der Waals surface area contributed by atoms with E-state index in [1.807, 2.05) is 18.2 Å². The van der Waals surface area contributed by atoms with Gasteiger partial charge in [-0.05, 0) is 29.2 Å². The molecule has 2 rings (SSSR count). The van der Waals surface area contributed by atoms with E-state index in [4.69, 9.17) is 0 Å². The normalized spacial score (nSPS) is 14.0. The van der Waals surface area contributed by atoms with Crippen LogP contribution in [0.5, 0.6) is 0 Å². The molecule has 0 bridgehead atoms. The fourth-order valence-corrected chi connectivity index (χ4v) is 1.44. The molecule has 1 aromatic carbocycles. The summed E-state index contributed by atoms with van der Waals surface area (Å²) in [6.07, 6.45) is 5.14. The van der Waals surface area contributed by atoms with E-state index in [0.29, 0.717) is 0 Å². The quantitative estimate of drug-likeness (QED) is 0.564. The maximum atomic E-state index is 3.76. The maximum absolute atomic E-state index is 3.76. The number of benzene rings is 1. The third kappa shape index (κ3) is 0.911. The number of hydrogen-bond donors (Lipinski definition) is 0. The summed E-state index contributed by atoms with van der Waals surface area (Å²) in [5, 5.41) is 0. The lowest BCUT2D eigenvalue weighted by atomic mass is 10.1. The van der Waals surface area contributed by atoms with Gasteiger partial charge in [0.1, 0.15) is 0 Å². The van der Waals surface area contributed by atoms with Crippen molar-refractivity contribution < 1.29 is 0 Å². The van der Waals surface area contributed by atoms with Gasteiger partial charge in [0.05, 0.1) is 0 Å². The fraction of sp³-hybridized carbons (Fsp3) is 0.0909. The summed E-state index contributed by atoms with van der Waals surface area (Å²) in [6, 6.07) is 9.15. The van der Waals surface area contributed by atoms with Crippen molar-refractivity contribution in [1.29, 1.82) is 0 Å². The molecule has 0 heterocycles. The number of hydrogen-bond acceptors (Lipinski definition) is 0. The first-order valence-corrected chi connectivity index (χ1v) is 3.74. The standard InChI is InChI=1S/C11H9/c1-2-9-7-8-10-5-3-4-6-11(9)10/h2,4-7H,1,8H2. The number of fused-ring (bicyclic) bond motifs is 1.